The zero-order chi connectivity index (χ0) is 30.8. The molecule has 1 aromatic carbocycles. The maximum absolute atomic E-state index is 11.6. The Hall–Kier alpha value is -4.84. The summed E-state index contributed by atoms with van der Waals surface area (Å²) in [5.41, 5.74) is 4.26. The fourth-order valence-corrected chi connectivity index (χ4v) is 6.25. The molecule has 1 aliphatic heterocycles. The first-order valence-electron chi connectivity index (χ1n) is 14.1. The lowest BCUT2D eigenvalue weighted by molar-refractivity contribution is 0.198. The summed E-state index contributed by atoms with van der Waals surface area (Å²) in [6.07, 6.45) is 6.48. The Morgan fingerprint density at radius 3 is 2.64 bits per heavy atom. The van der Waals surface area contributed by atoms with Crippen LogP contribution in [0.2, 0.25) is 0 Å². The molecular weight excluding hydrogens is 582 g/mol. The van der Waals surface area contributed by atoms with Crippen molar-refractivity contribution >= 4 is 32.4 Å². The molecule has 0 radical (unpaired) electrons. The van der Waals surface area contributed by atoms with E-state index in [0.29, 0.717) is 60.8 Å². The van der Waals surface area contributed by atoms with Gasteiger partial charge < -0.3 is 15.2 Å². The number of aromatic nitrogens is 7. The predicted octanol–water partition coefficient (Wildman–Crippen LogP) is 2.59. The minimum absolute atomic E-state index is 0.189. The number of aryl methyl sites for hydroxylation is 1. The van der Waals surface area contributed by atoms with E-state index in [1.54, 1.807) is 36.1 Å². The summed E-state index contributed by atoms with van der Waals surface area (Å²) in [6, 6.07) is 14.7. The summed E-state index contributed by atoms with van der Waals surface area (Å²) in [4.78, 5) is 11.5. The first-order chi connectivity index (χ1) is 21.2. The molecule has 13 nitrogen and oxygen atoms in total. The van der Waals surface area contributed by atoms with Crippen LogP contribution in [-0.2, 0) is 9.84 Å². The molecule has 5 aromatic rings. The van der Waals surface area contributed by atoms with Gasteiger partial charge in [-0.1, -0.05) is 0 Å². The number of terminal acetylenes is 1. The molecule has 0 saturated carbocycles. The van der Waals surface area contributed by atoms with Crippen LogP contribution in [0, 0.1) is 19.3 Å². The first-order valence-corrected chi connectivity index (χ1v) is 15.9. The van der Waals surface area contributed by atoms with Crippen LogP contribution in [0.1, 0.15) is 30.0 Å². The third-order valence-corrected chi connectivity index (χ3v) is 8.99. The molecule has 14 heteroatoms. The van der Waals surface area contributed by atoms with Gasteiger partial charge in [0.15, 0.2) is 21.5 Å². The quantitative estimate of drug-likeness (QED) is 0.236. The normalized spacial score (nSPS) is 15.6. The number of sulfone groups is 1. The smallest absolute Gasteiger partial charge is 0.233 e. The SMILES string of the molecule is C#Cc1cc(C)n(-c2nc(-n3cnc4cc(Nc5ccc(OCCN6CCS(=O)(=O)CC6)nn5)ccc43)ccc2C(C)O)n1. The molecule has 6 rings (SSSR count). The molecule has 1 aliphatic rings. The maximum atomic E-state index is 11.6. The largest absolute Gasteiger partial charge is 0.475 e. The van der Waals surface area contributed by atoms with Gasteiger partial charge in [-0.3, -0.25) is 9.47 Å². The summed E-state index contributed by atoms with van der Waals surface area (Å²) in [7, 11) is -2.90. The Bertz CT molecular complexity index is 1950. The van der Waals surface area contributed by atoms with E-state index in [0.717, 1.165) is 22.4 Å². The number of rotatable bonds is 9. The summed E-state index contributed by atoms with van der Waals surface area (Å²) in [5.74, 6) is 4.95. The predicted molar refractivity (Wildman–Crippen MR) is 165 cm³/mol. The molecule has 0 bridgehead atoms. The number of hydrogen-bond acceptors (Lipinski definition) is 11. The molecule has 4 aromatic heterocycles. The number of nitrogens with zero attached hydrogens (tertiary/aromatic N) is 8. The number of aliphatic hydroxyl groups is 1. The number of fused-ring (bicyclic) bond motifs is 1. The average molecular weight is 614 g/mol. The zero-order valence-corrected chi connectivity index (χ0v) is 25.1. The summed E-state index contributed by atoms with van der Waals surface area (Å²) < 4.78 is 32.4. The van der Waals surface area contributed by atoms with E-state index >= 15 is 0 Å². The lowest BCUT2D eigenvalue weighted by Crippen LogP contribution is -2.42. The molecule has 0 amide bonds. The summed E-state index contributed by atoms with van der Waals surface area (Å²) >= 11 is 0. The second kappa shape index (κ2) is 12.0. The lowest BCUT2D eigenvalue weighted by atomic mass is 10.1. The first kappa shape index (κ1) is 29.2. The number of nitrogens with one attached hydrogen (secondary N) is 1. The van der Waals surface area contributed by atoms with Crippen LogP contribution in [0.4, 0.5) is 11.5 Å². The molecule has 1 saturated heterocycles. The van der Waals surface area contributed by atoms with Gasteiger partial charge in [0.1, 0.15) is 24.4 Å². The standard InChI is InChI=1S/C30H31N9O4S/c1-4-22-17-20(2)39(36-22)30-24(21(3)40)6-9-28(33-30)38-19-31-25-18-23(5-7-26(25)38)32-27-8-10-29(35-34-27)43-14-11-37-12-15-44(41,42)16-13-37/h1,5-10,17-19,21,40H,11-16H2,2-3H3,(H,32,34). The molecular formula is C30H31N9O4S. The molecule has 0 aliphatic carbocycles. The second-order valence-corrected chi connectivity index (χ2v) is 12.8. The van der Waals surface area contributed by atoms with Crippen molar-refractivity contribution in [3.05, 3.63) is 71.8 Å². The van der Waals surface area contributed by atoms with Crippen molar-refractivity contribution in [1.82, 2.24) is 39.4 Å². The Morgan fingerprint density at radius 2 is 1.93 bits per heavy atom. The number of pyridine rings is 1. The highest BCUT2D eigenvalue weighted by molar-refractivity contribution is 7.91. The van der Waals surface area contributed by atoms with Crippen LogP contribution in [0.15, 0.2) is 54.9 Å². The summed E-state index contributed by atoms with van der Waals surface area (Å²) in [5, 5.41) is 26.4. The van der Waals surface area contributed by atoms with Gasteiger partial charge in [-0.15, -0.1) is 16.6 Å². The van der Waals surface area contributed by atoms with Gasteiger partial charge >= 0.3 is 0 Å². The van der Waals surface area contributed by atoms with Gasteiger partial charge in [0, 0.05) is 42.6 Å². The highest BCUT2D eigenvalue weighted by Crippen LogP contribution is 2.26. The van der Waals surface area contributed by atoms with E-state index in [1.807, 2.05) is 41.8 Å². The monoisotopic (exact) mass is 613 g/mol. The summed E-state index contributed by atoms with van der Waals surface area (Å²) in [6.45, 7) is 5.63. The Balaban J connectivity index is 1.14. The van der Waals surface area contributed by atoms with Gasteiger partial charge in [0.2, 0.25) is 5.88 Å². The van der Waals surface area contributed by atoms with Crippen molar-refractivity contribution in [3.63, 3.8) is 0 Å². The number of ether oxygens (including phenoxy) is 1. The van der Waals surface area contributed by atoms with Crippen molar-refractivity contribution in [3.8, 4) is 29.9 Å². The van der Waals surface area contributed by atoms with E-state index in [2.05, 4.69) is 36.4 Å². The zero-order valence-electron chi connectivity index (χ0n) is 24.3. The minimum atomic E-state index is -2.90. The van der Waals surface area contributed by atoms with Crippen LogP contribution >= 0.6 is 0 Å². The molecule has 1 atom stereocenters. The Morgan fingerprint density at radius 1 is 1.11 bits per heavy atom. The van der Waals surface area contributed by atoms with Crippen LogP contribution in [0.5, 0.6) is 5.88 Å². The fraction of sp³-hybridized carbons (Fsp3) is 0.300. The van der Waals surface area contributed by atoms with Crippen LogP contribution in [0.25, 0.3) is 22.7 Å². The highest BCUT2D eigenvalue weighted by Gasteiger charge is 2.21. The van der Waals surface area contributed by atoms with Crippen LogP contribution in [-0.4, -0.2) is 90.7 Å². The van der Waals surface area contributed by atoms with Crippen molar-refractivity contribution in [2.24, 2.45) is 0 Å². The van der Waals surface area contributed by atoms with Gasteiger partial charge in [0.25, 0.3) is 0 Å². The number of hydrogen-bond donors (Lipinski definition) is 2. The van der Waals surface area contributed by atoms with Crippen molar-refractivity contribution in [2.75, 3.05) is 43.1 Å². The molecule has 1 fully saturated rings. The van der Waals surface area contributed by atoms with Crippen LogP contribution in [0.3, 0.4) is 0 Å². The molecule has 44 heavy (non-hydrogen) atoms. The number of benzene rings is 1. The van der Waals surface area contributed by atoms with Gasteiger partial charge in [-0.05, 0) is 62.2 Å². The van der Waals surface area contributed by atoms with E-state index in [-0.39, 0.29) is 11.5 Å². The van der Waals surface area contributed by atoms with Gasteiger partial charge in [-0.2, -0.15) is 5.10 Å². The van der Waals surface area contributed by atoms with Crippen molar-refractivity contribution < 1.29 is 18.3 Å². The van der Waals surface area contributed by atoms with Crippen LogP contribution < -0.4 is 10.1 Å². The third-order valence-electron chi connectivity index (χ3n) is 7.38. The average Bonchev–Trinajstić information content (AvgIpc) is 3.61. The van der Waals surface area contributed by atoms with E-state index in [9.17, 15) is 13.5 Å². The molecule has 2 N–H and O–H groups in total. The lowest BCUT2D eigenvalue weighted by Gasteiger charge is -2.26. The Labute approximate surface area is 254 Å². The Kier molecular flexibility index (Phi) is 8.00. The molecule has 1 unspecified atom stereocenters. The van der Waals surface area contributed by atoms with Gasteiger partial charge in [0.05, 0.1) is 28.6 Å². The topological polar surface area (TPSA) is 153 Å². The third kappa shape index (κ3) is 6.25. The molecule has 0 spiro atoms. The van der Waals surface area contributed by atoms with Gasteiger partial charge in [-0.25, -0.2) is 23.1 Å². The van der Waals surface area contributed by atoms with E-state index in [4.69, 9.17) is 16.1 Å². The van der Waals surface area contributed by atoms with E-state index < -0.39 is 15.9 Å². The molecule has 226 valence electrons. The number of anilines is 2. The maximum Gasteiger partial charge on any atom is 0.233 e. The number of aliphatic hydroxyl groups excluding tert-OH is 1. The van der Waals surface area contributed by atoms with Crippen molar-refractivity contribution in [1.29, 1.82) is 0 Å². The minimum Gasteiger partial charge on any atom is -0.475 e. The molecule has 5 heterocycles. The fourth-order valence-electron chi connectivity index (χ4n) is 4.98. The highest BCUT2D eigenvalue weighted by atomic mass is 32.2. The van der Waals surface area contributed by atoms with Crippen molar-refractivity contribution in [2.45, 2.75) is 20.0 Å². The van der Waals surface area contributed by atoms with E-state index in [1.165, 1.54) is 0 Å². The second-order valence-electron chi connectivity index (χ2n) is 10.5. The number of imidazole rings is 1.